The Kier molecular flexibility index (Phi) is 5.75. The molecule has 2 N–H and O–H groups in total. The number of carbonyl (C=O) groups is 2. The Balaban J connectivity index is 1.33. The van der Waals surface area contributed by atoms with E-state index in [1.807, 2.05) is 24.3 Å². The fourth-order valence-corrected chi connectivity index (χ4v) is 4.93. The molecule has 5 rings (SSSR count). The van der Waals surface area contributed by atoms with Crippen LogP contribution in [0, 0.1) is 11.6 Å². The number of halogens is 2. The molecule has 2 saturated heterocycles. The van der Waals surface area contributed by atoms with Crippen molar-refractivity contribution in [3.8, 4) is 11.1 Å². The zero-order chi connectivity index (χ0) is 23.8. The van der Waals surface area contributed by atoms with E-state index in [0.717, 1.165) is 16.7 Å². The highest BCUT2D eigenvalue weighted by Crippen LogP contribution is 2.43. The van der Waals surface area contributed by atoms with Crippen molar-refractivity contribution in [3.63, 3.8) is 0 Å². The van der Waals surface area contributed by atoms with Gasteiger partial charge in [-0.3, -0.25) is 4.79 Å². The third-order valence-corrected chi connectivity index (χ3v) is 6.61. The molecule has 3 amide bonds. The molecule has 3 aromatic carbocycles. The second-order valence-electron chi connectivity index (χ2n) is 8.59. The fraction of sp³-hybridized carbons (Fsp3) is 0.231. The zero-order valence-electron chi connectivity index (χ0n) is 18.2. The van der Waals surface area contributed by atoms with E-state index in [2.05, 4.69) is 5.32 Å². The molecule has 0 radical (unpaired) electrons. The third-order valence-electron chi connectivity index (χ3n) is 6.61. The van der Waals surface area contributed by atoms with Gasteiger partial charge in [0.1, 0.15) is 18.2 Å². The smallest absolute Gasteiger partial charge is 0.322 e. The summed E-state index contributed by atoms with van der Waals surface area (Å²) >= 11 is 0. The van der Waals surface area contributed by atoms with Crippen LogP contribution in [0.5, 0.6) is 0 Å². The van der Waals surface area contributed by atoms with E-state index in [-0.39, 0.29) is 42.9 Å². The minimum atomic E-state index is -0.433. The summed E-state index contributed by atoms with van der Waals surface area (Å²) in [6, 6.07) is 18.4. The van der Waals surface area contributed by atoms with Crippen LogP contribution in [0.25, 0.3) is 11.1 Å². The Bertz CT molecular complexity index is 1200. The summed E-state index contributed by atoms with van der Waals surface area (Å²) in [4.78, 5) is 28.7. The van der Waals surface area contributed by atoms with Crippen molar-refractivity contribution in [1.82, 2.24) is 9.80 Å². The Hall–Kier alpha value is -3.78. The summed E-state index contributed by atoms with van der Waals surface area (Å²) in [5.74, 6) is -1.04. The zero-order valence-corrected chi connectivity index (χ0v) is 18.2. The average molecular weight is 463 g/mol. The highest BCUT2D eigenvalue weighted by atomic mass is 19.1. The maximum atomic E-state index is 13.2. The van der Waals surface area contributed by atoms with Gasteiger partial charge in [0.25, 0.3) is 0 Å². The van der Waals surface area contributed by atoms with E-state index in [0.29, 0.717) is 12.2 Å². The molecule has 2 fully saturated rings. The van der Waals surface area contributed by atoms with E-state index in [4.69, 9.17) is 0 Å². The molecule has 8 heteroatoms. The largest absolute Gasteiger partial charge is 0.394 e. The van der Waals surface area contributed by atoms with Gasteiger partial charge in [-0.1, -0.05) is 36.4 Å². The molecule has 3 atom stereocenters. The van der Waals surface area contributed by atoms with Crippen LogP contribution in [0.4, 0.5) is 19.3 Å². The molecule has 174 valence electrons. The summed E-state index contributed by atoms with van der Waals surface area (Å²) in [7, 11) is 0. The van der Waals surface area contributed by atoms with E-state index < -0.39 is 11.8 Å². The number of hydrogen-bond donors (Lipinski definition) is 2. The number of nitrogens with one attached hydrogen (secondary N) is 1. The van der Waals surface area contributed by atoms with Crippen molar-refractivity contribution in [2.24, 2.45) is 0 Å². The standard InChI is InChI=1S/C26H23F2N3O3/c27-19-7-5-17(6-8-19)16-1-3-18(4-2-16)25-22-13-30(14-24(33)31(22)23(25)15-32)26(34)29-21-11-9-20(28)10-12-21/h1-12,22-23,25,32H,13-15H2,(H,29,34)/t22-,23-,25+/m0/s1. The quantitative estimate of drug-likeness (QED) is 0.618. The molecular weight excluding hydrogens is 440 g/mol. The average Bonchev–Trinajstić information content (AvgIpc) is 2.83. The van der Waals surface area contributed by atoms with E-state index in [9.17, 15) is 23.5 Å². The minimum Gasteiger partial charge on any atom is -0.394 e. The summed E-state index contributed by atoms with van der Waals surface area (Å²) in [6.45, 7) is 0.0598. The van der Waals surface area contributed by atoms with Gasteiger partial charge in [-0.05, 0) is 53.1 Å². The lowest BCUT2D eigenvalue weighted by molar-refractivity contribution is -0.159. The lowest BCUT2D eigenvalue weighted by Gasteiger charge is -2.58. The number of aliphatic hydroxyl groups excluding tert-OH is 1. The molecule has 0 unspecified atom stereocenters. The molecule has 3 aromatic rings. The second kappa shape index (κ2) is 8.87. The second-order valence-corrected chi connectivity index (χ2v) is 8.59. The van der Waals surface area contributed by atoms with Gasteiger partial charge in [-0.15, -0.1) is 0 Å². The number of benzene rings is 3. The van der Waals surface area contributed by atoms with Crippen LogP contribution >= 0.6 is 0 Å². The molecule has 2 aliphatic rings. The summed E-state index contributed by atoms with van der Waals surface area (Å²) in [6.07, 6.45) is 0. The SMILES string of the molecule is O=C(Nc1ccc(F)cc1)N1CC(=O)N2[C@@H](CO)[C@H](c3ccc(-c4ccc(F)cc4)cc3)[C@@H]2C1. The maximum Gasteiger partial charge on any atom is 0.322 e. The van der Waals surface area contributed by atoms with Crippen molar-refractivity contribution in [1.29, 1.82) is 0 Å². The molecule has 0 spiro atoms. The molecular formula is C26H23F2N3O3. The predicted octanol–water partition coefficient (Wildman–Crippen LogP) is 3.83. The molecule has 0 aromatic heterocycles. The number of hydrogen-bond acceptors (Lipinski definition) is 3. The van der Waals surface area contributed by atoms with Crippen LogP contribution in [0.2, 0.25) is 0 Å². The number of urea groups is 1. The highest BCUT2D eigenvalue weighted by molar-refractivity contribution is 5.93. The number of rotatable bonds is 4. The first kappa shape index (κ1) is 22.0. The Morgan fingerprint density at radius 2 is 1.47 bits per heavy atom. The molecule has 34 heavy (non-hydrogen) atoms. The Labute approximate surface area is 195 Å². The lowest BCUT2D eigenvalue weighted by Crippen LogP contribution is -2.73. The maximum absolute atomic E-state index is 13.2. The number of nitrogens with zero attached hydrogens (tertiary/aromatic N) is 2. The third kappa shape index (κ3) is 4.01. The molecule has 6 nitrogen and oxygen atoms in total. The van der Waals surface area contributed by atoms with Gasteiger partial charge in [0.15, 0.2) is 0 Å². The van der Waals surface area contributed by atoms with Gasteiger partial charge in [0, 0.05) is 18.2 Å². The minimum absolute atomic E-state index is 0.0871. The van der Waals surface area contributed by atoms with E-state index in [1.165, 1.54) is 41.3 Å². The number of carbonyl (C=O) groups excluding carboxylic acids is 2. The lowest BCUT2D eigenvalue weighted by atomic mass is 9.73. The monoisotopic (exact) mass is 463 g/mol. The Morgan fingerprint density at radius 3 is 2.06 bits per heavy atom. The first-order chi connectivity index (χ1) is 16.4. The normalized spacial score (nSPS) is 21.6. The van der Waals surface area contributed by atoms with Crippen LogP contribution in [0.1, 0.15) is 11.5 Å². The van der Waals surface area contributed by atoms with E-state index in [1.54, 1.807) is 17.0 Å². The van der Waals surface area contributed by atoms with Crippen LogP contribution < -0.4 is 5.32 Å². The molecule has 0 saturated carbocycles. The van der Waals surface area contributed by atoms with Crippen molar-refractivity contribution in [2.45, 2.75) is 18.0 Å². The molecule has 2 heterocycles. The number of fused-ring (bicyclic) bond motifs is 1. The van der Waals surface area contributed by atoms with Gasteiger partial charge in [0.2, 0.25) is 5.91 Å². The van der Waals surface area contributed by atoms with Crippen molar-refractivity contribution in [3.05, 3.63) is 90.0 Å². The highest BCUT2D eigenvalue weighted by Gasteiger charge is 2.54. The number of aliphatic hydroxyl groups is 1. The van der Waals surface area contributed by atoms with Gasteiger partial charge < -0.3 is 20.2 Å². The first-order valence-electron chi connectivity index (χ1n) is 11.0. The van der Waals surface area contributed by atoms with Crippen LogP contribution in [0.3, 0.4) is 0 Å². The number of piperazine rings is 1. The van der Waals surface area contributed by atoms with Gasteiger partial charge in [0.05, 0.1) is 18.7 Å². The number of amides is 3. The fourth-order valence-electron chi connectivity index (χ4n) is 4.93. The van der Waals surface area contributed by atoms with Gasteiger partial charge in [-0.2, -0.15) is 0 Å². The summed E-state index contributed by atoms with van der Waals surface area (Å²) in [5.41, 5.74) is 3.22. The summed E-state index contributed by atoms with van der Waals surface area (Å²) in [5, 5.41) is 12.7. The predicted molar refractivity (Wildman–Crippen MR) is 123 cm³/mol. The van der Waals surface area contributed by atoms with Gasteiger partial charge in [-0.25, -0.2) is 13.6 Å². The van der Waals surface area contributed by atoms with E-state index >= 15 is 0 Å². The topological polar surface area (TPSA) is 72.9 Å². The number of anilines is 1. The van der Waals surface area contributed by atoms with Crippen LogP contribution in [-0.4, -0.2) is 58.6 Å². The van der Waals surface area contributed by atoms with Crippen LogP contribution in [-0.2, 0) is 4.79 Å². The molecule has 0 bridgehead atoms. The van der Waals surface area contributed by atoms with Gasteiger partial charge >= 0.3 is 6.03 Å². The molecule has 2 aliphatic heterocycles. The van der Waals surface area contributed by atoms with Crippen molar-refractivity contribution in [2.75, 3.05) is 25.0 Å². The van der Waals surface area contributed by atoms with Crippen molar-refractivity contribution >= 4 is 17.6 Å². The first-order valence-corrected chi connectivity index (χ1v) is 11.0. The van der Waals surface area contributed by atoms with Crippen LogP contribution in [0.15, 0.2) is 72.8 Å². The molecule has 0 aliphatic carbocycles. The Morgan fingerprint density at radius 1 is 0.912 bits per heavy atom. The summed E-state index contributed by atoms with van der Waals surface area (Å²) < 4.78 is 26.4. The van der Waals surface area contributed by atoms with Crippen molar-refractivity contribution < 1.29 is 23.5 Å².